The third-order valence-electron chi connectivity index (χ3n) is 8.90. The number of thioether (sulfide) groups is 1. The number of nitrogens with one attached hydrogen (secondary N) is 2. The summed E-state index contributed by atoms with van der Waals surface area (Å²) in [6, 6.07) is -1.17. The van der Waals surface area contributed by atoms with E-state index in [9.17, 15) is 24.3 Å². The van der Waals surface area contributed by atoms with E-state index in [2.05, 4.69) is 33.2 Å². The van der Waals surface area contributed by atoms with Crippen molar-refractivity contribution >= 4 is 35.5 Å². The summed E-state index contributed by atoms with van der Waals surface area (Å²) in [5.41, 5.74) is 5.77. The summed E-state index contributed by atoms with van der Waals surface area (Å²) < 4.78 is 2.16. The molecule has 5 N–H and O–H groups in total. The van der Waals surface area contributed by atoms with Crippen LogP contribution in [0.5, 0.6) is 0 Å². The molecular weight excluding hydrogens is 679 g/mol. The Bertz CT molecular complexity index is 1220. The molecule has 3 saturated heterocycles. The lowest BCUT2D eigenvalue weighted by Gasteiger charge is -2.47. The third-order valence-corrected chi connectivity index (χ3v) is 10.4. The minimum Gasteiger partial charge on any atom is -1.00 e. The number of β-lactam (4-membered cyclic amide) rings is 1. The molecule has 15 nitrogen and oxygen atoms in total. The molecule has 0 bridgehead atoms. The number of hydrogen-bond acceptors (Lipinski definition) is 10. The molecule has 42 heavy (non-hydrogen) atoms. The molecule has 0 radical (unpaired) electrons. The highest BCUT2D eigenvalue weighted by molar-refractivity contribution is 8.03. The van der Waals surface area contributed by atoms with Gasteiger partial charge in [-0.2, -0.15) is 0 Å². The van der Waals surface area contributed by atoms with Gasteiger partial charge < -0.3 is 59.7 Å². The first-order valence-electron chi connectivity index (χ1n) is 14.1. The van der Waals surface area contributed by atoms with Gasteiger partial charge in [0.15, 0.2) is 0 Å². The number of likely N-dealkylation sites (N-methyl/N-ethyl adjacent to an activating group) is 1. The number of hydrogen-bond donors (Lipinski definition) is 4. The third kappa shape index (κ3) is 6.29. The van der Waals surface area contributed by atoms with Gasteiger partial charge >= 0.3 is 5.97 Å². The van der Waals surface area contributed by atoms with Crippen LogP contribution in [0.2, 0.25) is 0 Å². The normalized spacial score (nSPS) is 29.0. The van der Waals surface area contributed by atoms with E-state index in [-0.39, 0.29) is 77.2 Å². The van der Waals surface area contributed by atoms with Gasteiger partial charge in [0, 0.05) is 35.2 Å². The number of carbonyl (C=O) groups excluding carboxylic acids is 3. The molecule has 3 fully saturated rings. The Kier molecular flexibility index (Phi) is 10.2. The number of fused-ring (bicyclic) bond motifs is 1. The Balaban J connectivity index is 0.00000405. The van der Waals surface area contributed by atoms with E-state index in [0.717, 1.165) is 24.1 Å². The minimum absolute atomic E-state index is 0. The van der Waals surface area contributed by atoms with E-state index in [1.54, 1.807) is 6.92 Å². The van der Waals surface area contributed by atoms with Crippen molar-refractivity contribution in [3.63, 3.8) is 0 Å². The van der Waals surface area contributed by atoms with Crippen LogP contribution in [-0.4, -0.2) is 140 Å². The Labute approximate surface area is 265 Å². The van der Waals surface area contributed by atoms with E-state index in [1.165, 1.54) is 27.7 Å². The zero-order valence-corrected chi connectivity index (χ0v) is 27.0. The van der Waals surface area contributed by atoms with Gasteiger partial charge in [-0.15, -0.1) is 16.9 Å². The van der Waals surface area contributed by atoms with Crippen LogP contribution < -0.4 is 40.3 Å². The van der Waals surface area contributed by atoms with Gasteiger partial charge in [0.1, 0.15) is 18.6 Å². The molecule has 5 heterocycles. The number of piperazine rings is 1. The molecular formula is C25H39IN10O5S. The number of nitrogens with zero attached hydrogens (tertiary/aromatic N) is 7. The summed E-state index contributed by atoms with van der Waals surface area (Å²) in [6.45, 7) is 8.85. The number of carbonyl (C=O) groups is 4. The summed E-state index contributed by atoms with van der Waals surface area (Å²) in [5.74, 6) is -2.48. The van der Waals surface area contributed by atoms with Gasteiger partial charge in [0.2, 0.25) is 17.7 Å². The number of quaternary nitrogens is 1. The van der Waals surface area contributed by atoms with Gasteiger partial charge in [-0.1, -0.05) is 6.92 Å². The molecule has 232 valence electrons. The number of amides is 3. The van der Waals surface area contributed by atoms with Crippen LogP contribution in [0.15, 0.2) is 16.9 Å². The topological polar surface area (TPSA) is 189 Å². The van der Waals surface area contributed by atoms with Gasteiger partial charge in [-0.25, -0.2) is 9.48 Å². The second-order valence-corrected chi connectivity index (χ2v) is 13.1. The molecule has 3 amide bonds. The summed E-state index contributed by atoms with van der Waals surface area (Å²) in [4.78, 5) is 55.2. The van der Waals surface area contributed by atoms with Crippen molar-refractivity contribution in [3.8, 4) is 0 Å². The molecule has 6 atom stereocenters. The number of tetrazole rings is 1. The summed E-state index contributed by atoms with van der Waals surface area (Å²) in [5, 5.41) is 27.0. The SMILES string of the molecule is C[C@@H](NC(=O)Cn1cnnn1)[C@H]1C(=O)N2C(C(=O)O)=C(S[C@@H]3CN[C@H](C(=O)N4CC[N+](C)(CCN)CC4)C3)[C@H](C)[C@H]12.[I-]. The zero-order valence-electron chi connectivity index (χ0n) is 24.0. The second-order valence-electron chi connectivity index (χ2n) is 11.7. The summed E-state index contributed by atoms with van der Waals surface area (Å²) >= 11 is 1.46. The highest BCUT2D eigenvalue weighted by Gasteiger charge is 2.60. The van der Waals surface area contributed by atoms with Crippen LogP contribution in [-0.2, 0) is 25.7 Å². The maximum atomic E-state index is 13.3. The monoisotopic (exact) mass is 718 g/mol. The van der Waals surface area contributed by atoms with Crippen molar-refractivity contribution < 1.29 is 52.7 Å². The van der Waals surface area contributed by atoms with Crippen LogP contribution in [0, 0.1) is 11.8 Å². The van der Waals surface area contributed by atoms with Crippen molar-refractivity contribution in [2.75, 3.05) is 52.9 Å². The smallest absolute Gasteiger partial charge is 0.353 e. The first kappa shape index (κ1) is 32.6. The number of carboxylic acids is 1. The number of aromatic nitrogens is 4. The highest BCUT2D eigenvalue weighted by atomic mass is 127. The lowest BCUT2D eigenvalue weighted by Crippen LogP contribution is -3.00. The maximum Gasteiger partial charge on any atom is 0.353 e. The molecule has 0 aromatic carbocycles. The number of halogens is 1. The highest BCUT2D eigenvalue weighted by Crippen LogP contribution is 2.51. The van der Waals surface area contributed by atoms with Crippen molar-refractivity contribution in [1.82, 2.24) is 40.6 Å². The van der Waals surface area contributed by atoms with Crippen molar-refractivity contribution in [2.45, 2.75) is 50.2 Å². The van der Waals surface area contributed by atoms with Gasteiger partial charge in [0.25, 0.3) is 0 Å². The second kappa shape index (κ2) is 13.1. The van der Waals surface area contributed by atoms with E-state index < -0.39 is 17.9 Å². The molecule has 0 saturated carbocycles. The molecule has 4 aliphatic rings. The molecule has 4 aliphatic heterocycles. The van der Waals surface area contributed by atoms with E-state index in [0.29, 0.717) is 37.5 Å². The van der Waals surface area contributed by atoms with Crippen molar-refractivity contribution in [2.24, 2.45) is 17.6 Å². The zero-order chi connectivity index (χ0) is 29.5. The van der Waals surface area contributed by atoms with E-state index >= 15 is 0 Å². The van der Waals surface area contributed by atoms with E-state index in [4.69, 9.17) is 5.73 Å². The number of rotatable bonds is 10. The lowest BCUT2D eigenvalue weighted by molar-refractivity contribution is -0.911. The molecule has 1 aromatic rings. The van der Waals surface area contributed by atoms with Crippen LogP contribution >= 0.6 is 11.8 Å². The first-order valence-corrected chi connectivity index (χ1v) is 14.9. The standard InChI is InChI=1S/C25H38N10O5S.HI/c1-14-20-19(15(2)29-18(36)12-33-13-28-30-31-33)24(38)34(20)21(25(39)40)22(14)41-16-10-17(27-11-16)23(37)32-5-8-35(3,7-4-26)9-6-32;/h13-17,19-20,27H,4-12,26H2,1-3H3,(H-,29,36,39,40);1H/t14-,15-,16+,17+,19-,20-;/m1./s1. The fourth-order valence-corrected chi connectivity index (χ4v) is 8.05. The van der Waals surface area contributed by atoms with Crippen molar-refractivity contribution in [1.29, 1.82) is 0 Å². The average Bonchev–Trinajstić information content (AvgIpc) is 3.65. The van der Waals surface area contributed by atoms with Crippen molar-refractivity contribution in [3.05, 3.63) is 16.9 Å². The molecule has 0 spiro atoms. The van der Waals surface area contributed by atoms with Crippen LogP contribution in [0.1, 0.15) is 20.3 Å². The molecule has 0 unspecified atom stereocenters. The van der Waals surface area contributed by atoms with Crippen LogP contribution in [0.3, 0.4) is 0 Å². The Morgan fingerprint density at radius 3 is 2.64 bits per heavy atom. The predicted octanol–water partition coefficient (Wildman–Crippen LogP) is -5.33. The Hall–Kier alpha value is -2.35. The maximum absolute atomic E-state index is 13.3. The van der Waals surface area contributed by atoms with Crippen LogP contribution in [0.25, 0.3) is 0 Å². The number of nitrogens with two attached hydrogens (primary N) is 1. The number of aliphatic carboxylic acids is 1. The largest absolute Gasteiger partial charge is 1.00 e. The lowest BCUT2D eigenvalue weighted by atomic mass is 9.78. The van der Waals surface area contributed by atoms with Gasteiger partial charge in [0.05, 0.1) is 57.8 Å². The summed E-state index contributed by atoms with van der Waals surface area (Å²) in [6.07, 6.45) is 1.91. The fraction of sp³-hybridized carbons (Fsp3) is 0.720. The molecule has 1 aromatic heterocycles. The molecule has 17 heteroatoms. The Morgan fingerprint density at radius 2 is 2.02 bits per heavy atom. The van der Waals surface area contributed by atoms with Crippen LogP contribution in [0.4, 0.5) is 0 Å². The van der Waals surface area contributed by atoms with Gasteiger partial charge in [-0.05, 0) is 23.8 Å². The quantitative estimate of drug-likeness (QED) is 0.103. The van der Waals surface area contributed by atoms with E-state index in [1.807, 2.05) is 11.8 Å². The fourth-order valence-electron chi connectivity index (χ4n) is 6.57. The predicted molar refractivity (Wildman–Crippen MR) is 148 cm³/mol. The Morgan fingerprint density at radius 1 is 1.31 bits per heavy atom. The average molecular weight is 719 g/mol. The molecule has 0 aliphatic carbocycles. The first-order chi connectivity index (χ1) is 19.5. The summed E-state index contributed by atoms with van der Waals surface area (Å²) in [7, 11) is 2.18. The van der Waals surface area contributed by atoms with Gasteiger partial charge in [-0.3, -0.25) is 14.4 Å². The molecule has 5 rings (SSSR count). The minimum atomic E-state index is -1.14. The number of carboxylic acid groups (broad SMARTS) is 1.